The van der Waals surface area contributed by atoms with Crippen molar-refractivity contribution in [3.8, 4) is 11.1 Å². The van der Waals surface area contributed by atoms with Crippen LogP contribution in [0.5, 0.6) is 0 Å². The molecule has 152 valence electrons. The molecule has 3 rings (SSSR count). The molecule has 1 aromatic heterocycles. The summed E-state index contributed by atoms with van der Waals surface area (Å²) in [7, 11) is -2.08. The summed E-state index contributed by atoms with van der Waals surface area (Å²) in [4.78, 5) is 18.0. The lowest BCUT2D eigenvalue weighted by atomic mass is 10.1. The lowest BCUT2D eigenvalue weighted by Gasteiger charge is -2.20. The van der Waals surface area contributed by atoms with E-state index in [1.807, 2.05) is 44.2 Å². The number of hydrogen-bond acceptors (Lipinski definition) is 6. The molecule has 0 aliphatic carbocycles. The Balaban J connectivity index is 1.70. The van der Waals surface area contributed by atoms with E-state index in [1.165, 1.54) is 0 Å². The van der Waals surface area contributed by atoms with Crippen LogP contribution in [0.15, 0.2) is 59.5 Å². The van der Waals surface area contributed by atoms with E-state index >= 15 is 0 Å². The Labute approximate surface area is 174 Å². The van der Waals surface area contributed by atoms with E-state index < -0.39 is 10.0 Å². The zero-order valence-electron chi connectivity index (χ0n) is 16.4. The Kier molecular flexibility index (Phi) is 6.29. The van der Waals surface area contributed by atoms with Crippen LogP contribution in [-0.2, 0) is 21.2 Å². The predicted molar refractivity (Wildman–Crippen MR) is 114 cm³/mol. The molecule has 9 heteroatoms. The SMILES string of the molecule is CC(C)N(C)C(=O)Cc1nsc(NS(=O)(=O)c2ccc(-c3ccccc3)cc2)n1. The fraction of sp³-hybridized carbons (Fsp3) is 0.250. The highest BCUT2D eigenvalue weighted by Crippen LogP contribution is 2.23. The number of carbonyl (C=O) groups is 1. The first-order valence-corrected chi connectivity index (χ1v) is 11.3. The van der Waals surface area contributed by atoms with Crippen molar-refractivity contribution in [1.29, 1.82) is 0 Å². The van der Waals surface area contributed by atoms with Crippen molar-refractivity contribution in [3.63, 3.8) is 0 Å². The van der Waals surface area contributed by atoms with E-state index in [0.29, 0.717) is 5.82 Å². The molecule has 1 amide bonds. The van der Waals surface area contributed by atoms with Crippen LogP contribution in [0, 0.1) is 0 Å². The van der Waals surface area contributed by atoms with Crippen molar-refractivity contribution in [1.82, 2.24) is 14.3 Å². The van der Waals surface area contributed by atoms with Gasteiger partial charge in [-0.3, -0.25) is 9.52 Å². The molecule has 0 aliphatic heterocycles. The standard InChI is InChI=1S/C20H22N4O3S2/c1-14(2)24(3)19(25)13-18-21-20(28-22-18)23-29(26,27)17-11-9-16(10-12-17)15-7-5-4-6-8-15/h4-12,14H,13H2,1-3H3,(H,21,22,23). The zero-order valence-corrected chi connectivity index (χ0v) is 18.0. The molecule has 0 spiro atoms. The average Bonchev–Trinajstić information content (AvgIpc) is 3.14. The van der Waals surface area contributed by atoms with Crippen LogP contribution in [0.25, 0.3) is 11.1 Å². The molecule has 29 heavy (non-hydrogen) atoms. The Morgan fingerprint density at radius 2 is 1.69 bits per heavy atom. The second-order valence-corrected chi connectivity index (χ2v) is 9.22. The highest BCUT2D eigenvalue weighted by atomic mass is 32.2. The number of likely N-dealkylation sites (N-methyl/N-ethyl adjacent to an activating group) is 1. The van der Waals surface area contributed by atoms with Crippen LogP contribution in [0.2, 0.25) is 0 Å². The van der Waals surface area contributed by atoms with Gasteiger partial charge in [0.05, 0.1) is 11.3 Å². The zero-order chi connectivity index (χ0) is 21.0. The summed E-state index contributed by atoms with van der Waals surface area (Å²) in [6.45, 7) is 3.82. The van der Waals surface area contributed by atoms with Gasteiger partial charge in [0.2, 0.25) is 11.0 Å². The maximum Gasteiger partial charge on any atom is 0.263 e. The van der Waals surface area contributed by atoms with Crippen molar-refractivity contribution in [2.75, 3.05) is 11.8 Å². The van der Waals surface area contributed by atoms with Crippen molar-refractivity contribution in [3.05, 3.63) is 60.4 Å². The molecule has 0 radical (unpaired) electrons. The molecule has 3 aromatic rings. The first-order chi connectivity index (χ1) is 13.8. The molecule has 1 heterocycles. The molecule has 7 nitrogen and oxygen atoms in total. The molecule has 0 fully saturated rings. The van der Waals surface area contributed by atoms with Gasteiger partial charge in [-0.2, -0.15) is 4.37 Å². The first-order valence-electron chi connectivity index (χ1n) is 9.03. The molecular formula is C20H22N4O3S2. The van der Waals surface area contributed by atoms with Crippen molar-refractivity contribution < 1.29 is 13.2 Å². The number of rotatable bonds is 7. The number of anilines is 1. The quantitative estimate of drug-likeness (QED) is 0.620. The molecule has 0 unspecified atom stereocenters. The van der Waals surface area contributed by atoms with Crippen LogP contribution in [-0.4, -0.2) is 41.7 Å². The molecule has 0 bridgehead atoms. The van der Waals surface area contributed by atoms with Crippen LogP contribution >= 0.6 is 11.5 Å². The van der Waals surface area contributed by atoms with Crippen LogP contribution < -0.4 is 4.72 Å². The topological polar surface area (TPSA) is 92.3 Å². The van der Waals surface area contributed by atoms with E-state index in [9.17, 15) is 13.2 Å². The highest BCUT2D eigenvalue weighted by molar-refractivity contribution is 7.93. The summed E-state index contributed by atoms with van der Waals surface area (Å²) >= 11 is 0.911. The third-order valence-electron chi connectivity index (χ3n) is 4.44. The normalized spacial score (nSPS) is 11.4. The lowest BCUT2D eigenvalue weighted by Crippen LogP contribution is -2.34. The van der Waals surface area contributed by atoms with Gasteiger partial charge in [-0.1, -0.05) is 42.5 Å². The van der Waals surface area contributed by atoms with E-state index in [-0.39, 0.29) is 28.4 Å². The van der Waals surface area contributed by atoms with Gasteiger partial charge in [-0.15, -0.1) is 0 Å². The fourth-order valence-corrected chi connectivity index (χ4v) is 4.36. The Hall–Kier alpha value is -2.78. The fourth-order valence-electron chi connectivity index (χ4n) is 2.55. The second-order valence-electron chi connectivity index (χ2n) is 6.79. The lowest BCUT2D eigenvalue weighted by molar-refractivity contribution is -0.130. The molecule has 0 aliphatic rings. The van der Waals surface area contributed by atoms with Gasteiger partial charge in [-0.25, -0.2) is 13.4 Å². The van der Waals surface area contributed by atoms with Gasteiger partial charge in [0.25, 0.3) is 10.0 Å². The van der Waals surface area contributed by atoms with Gasteiger partial charge in [0.1, 0.15) is 0 Å². The van der Waals surface area contributed by atoms with Crippen molar-refractivity contribution in [2.45, 2.75) is 31.2 Å². The molecule has 0 atom stereocenters. The van der Waals surface area contributed by atoms with Crippen LogP contribution in [0.4, 0.5) is 5.13 Å². The number of aromatic nitrogens is 2. The van der Waals surface area contributed by atoms with Crippen molar-refractivity contribution >= 4 is 32.6 Å². The Morgan fingerprint density at radius 1 is 1.07 bits per heavy atom. The number of nitrogens with zero attached hydrogens (tertiary/aromatic N) is 3. The minimum atomic E-state index is -3.79. The van der Waals surface area contributed by atoms with E-state index in [0.717, 1.165) is 22.7 Å². The monoisotopic (exact) mass is 430 g/mol. The van der Waals surface area contributed by atoms with Crippen LogP contribution in [0.3, 0.4) is 0 Å². The number of hydrogen-bond donors (Lipinski definition) is 1. The average molecular weight is 431 g/mol. The number of amides is 1. The van der Waals surface area contributed by atoms with Gasteiger partial charge in [0, 0.05) is 24.6 Å². The van der Waals surface area contributed by atoms with Crippen LogP contribution in [0.1, 0.15) is 19.7 Å². The molecule has 1 N–H and O–H groups in total. The number of nitrogens with one attached hydrogen (secondary N) is 1. The maximum atomic E-state index is 12.6. The predicted octanol–water partition coefficient (Wildman–Crippen LogP) is 3.42. The smallest absolute Gasteiger partial charge is 0.263 e. The summed E-state index contributed by atoms with van der Waals surface area (Å²) in [5.41, 5.74) is 1.93. The minimum Gasteiger partial charge on any atom is -0.343 e. The summed E-state index contributed by atoms with van der Waals surface area (Å²) < 4.78 is 31.8. The van der Waals surface area contributed by atoms with Crippen molar-refractivity contribution in [2.24, 2.45) is 0 Å². The van der Waals surface area contributed by atoms with Gasteiger partial charge < -0.3 is 4.90 Å². The Morgan fingerprint density at radius 3 is 2.31 bits per heavy atom. The van der Waals surface area contributed by atoms with Gasteiger partial charge in [-0.05, 0) is 37.1 Å². The molecule has 2 aromatic carbocycles. The third-order valence-corrected chi connectivity index (χ3v) is 6.59. The summed E-state index contributed by atoms with van der Waals surface area (Å²) in [5.74, 6) is 0.174. The summed E-state index contributed by atoms with van der Waals surface area (Å²) in [6.07, 6.45) is 0.0265. The minimum absolute atomic E-state index is 0.0265. The number of carbonyl (C=O) groups excluding carboxylic acids is 1. The number of sulfonamides is 1. The Bertz CT molecular complexity index is 1080. The first kappa shape index (κ1) is 20.9. The second kappa shape index (κ2) is 8.71. The third kappa shape index (κ3) is 5.18. The highest BCUT2D eigenvalue weighted by Gasteiger charge is 2.19. The summed E-state index contributed by atoms with van der Waals surface area (Å²) in [5, 5.41) is 0.132. The van der Waals surface area contributed by atoms with E-state index in [4.69, 9.17) is 0 Å². The molecule has 0 saturated heterocycles. The maximum absolute atomic E-state index is 12.6. The van der Waals surface area contributed by atoms with E-state index in [2.05, 4.69) is 14.1 Å². The number of benzene rings is 2. The molecular weight excluding hydrogens is 408 g/mol. The molecule has 0 saturated carbocycles. The van der Waals surface area contributed by atoms with Gasteiger partial charge >= 0.3 is 0 Å². The summed E-state index contributed by atoms with van der Waals surface area (Å²) in [6, 6.07) is 16.4. The van der Waals surface area contributed by atoms with Gasteiger partial charge in [0.15, 0.2) is 5.82 Å². The van der Waals surface area contributed by atoms with E-state index in [1.54, 1.807) is 36.2 Å². The largest absolute Gasteiger partial charge is 0.343 e.